The van der Waals surface area contributed by atoms with Crippen LogP contribution in [0.2, 0.25) is 0 Å². The summed E-state index contributed by atoms with van der Waals surface area (Å²) in [6.45, 7) is 1.96. The fraction of sp³-hybridized carbons (Fsp3) is 0.167. The Bertz CT molecular complexity index is 469. The zero-order valence-electron chi connectivity index (χ0n) is 8.88. The molecular weight excluding hydrogens is 186 g/mol. The van der Waals surface area contributed by atoms with Gasteiger partial charge in [-0.25, -0.2) is 4.99 Å². The van der Waals surface area contributed by atoms with Gasteiger partial charge in [-0.05, 0) is 12.5 Å². The molecule has 0 unspecified atom stereocenters. The molecule has 0 spiro atoms. The van der Waals surface area contributed by atoms with Gasteiger partial charge in [0.15, 0.2) is 0 Å². The molecule has 3 nitrogen and oxygen atoms in total. The predicted octanol–water partition coefficient (Wildman–Crippen LogP) is 2.48. The number of aryl methyl sites for hydroxylation is 2. The smallest absolute Gasteiger partial charge is 0.150 e. The van der Waals surface area contributed by atoms with Crippen molar-refractivity contribution in [1.82, 2.24) is 9.78 Å². The Kier molecular flexibility index (Phi) is 2.63. The molecule has 0 amide bonds. The first-order chi connectivity index (χ1) is 7.25. The standard InChI is InChI=1S/C12H13N3/c1-10-8-12(15(2)14-10)13-9-11-6-4-3-5-7-11/h3-9H,1-2H3/b13-9+. The molecule has 0 aliphatic carbocycles. The minimum atomic E-state index is 0.872. The fourth-order valence-corrected chi connectivity index (χ4v) is 1.40. The molecule has 0 saturated carbocycles. The first kappa shape index (κ1) is 9.65. The Balaban J connectivity index is 2.22. The second-order valence-electron chi connectivity index (χ2n) is 3.44. The third-order valence-corrected chi connectivity index (χ3v) is 2.12. The zero-order chi connectivity index (χ0) is 10.7. The van der Waals surface area contributed by atoms with Gasteiger partial charge in [-0.15, -0.1) is 0 Å². The molecule has 0 aliphatic rings. The van der Waals surface area contributed by atoms with Crippen LogP contribution >= 0.6 is 0 Å². The van der Waals surface area contributed by atoms with Crippen LogP contribution in [-0.4, -0.2) is 16.0 Å². The maximum atomic E-state index is 4.37. The second-order valence-corrected chi connectivity index (χ2v) is 3.44. The summed E-state index contributed by atoms with van der Waals surface area (Å²) in [6.07, 6.45) is 1.84. The topological polar surface area (TPSA) is 30.2 Å². The minimum Gasteiger partial charge on any atom is -0.251 e. The Morgan fingerprint density at radius 1 is 1.27 bits per heavy atom. The monoisotopic (exact) mass is 199 g/mol. The lowest BCUT2D eigenvalue weighted by Crippen LogP contribution is -1.89. The molecule has 2 aromatic rings. The average molecular weight is 199 g/mol. The number of rotatable bonds is 2. The van der Waals surface area contributed by atoms with Crippen LogP contribution in [0.1, 0.15) is 11.3 Å². The average Bonchev–Trinajstić information content (AvgIpc) is 2.56. The summed E-state index contributed by atoms with van der Waals surface area (Å²) in [6, 6.07) is 12.0. The van der Waals surface area contributed by atoms with Crippen molar-refractivity contribution in [2.24, 2.45) is 12.0 Å². The Morgan fingerprint density at radius 2 is 2.00 bits per heavy atom. The third-order valence-electron chi connectivity index (χ3n) is 2.12. The predicted molar refractivity (Wildman–Crippen MR) is 61.6 cm³/mol. The van der Waals surface area contributed by atoms with Crippen molar-refractivity contribution in [3.63, 3.8) is 0 Å². The van der Waals surface area contributed by atoms with Gasteiger partial charge >= 0.3 is 0 Å². The summed E-state index contributed by atoms with van der Waals surface area (Å²) in [4.78, 5) is 4.37. The molecule has 15 heavy (non-hydrogen) atoms. The van der Waals surface area contributed by atoms with Crippen molar-refractivity contribution in [1.29, 1.82) is 0 Å². The van der Waals surface area contributed by atoms with E-state index in [0.29, 0.717) is 0 Å². The SMILES string of the molecule is Cc1cc(/N=C/c2ccccc2)n(C)n1. The largest absolute Gasteiger partial charge is 0.251 e. The van der Waals surface area contributed by atoms with E-state index in [-0.39, 0.29) is 0 Å². The lowest BCUT2D eigenvalue weighted by Gasteiger charge is -1.93. The van der Waals surface area contributed by atoms with Gasteiger partial charge in [0.25, 0.3) is 0 Å². The quantitative estimate of drug-likeness (QED) is 0.683. The Morgan fingerprint density at radius 3 is 2.60 bits per heavy atom. The molecule has 2 rings (SSSR count). The molecule has 1 aromatic heterocycles. The highest BCUT2D eigenvalue weighted by Crippen LogP contribution is 2.11. The van der Waals surface area contributed by atoms with E-state index >= 15 is 0 Å². The molecule has 0 radical (unpaired) electrons. The molecular formula is C12H13N3. The lowest BCUT2D eigenvalue weighted by atomic mass is 10.2. The van der Waals surface area contributed by atoms with Gasteiger partial charge < -0.3 is 0 Å². The van der Waals surface area contributed by atoms with Crippen molar-refractivity contribution < 1.29 is 0 Å². The van der Waals surface area contributed by atoms with Crippen LogP contribution < -0.4 is 0 Å². The van der Waals surface area contributed by atoms with Gasteiger partial charge in [0.05, 0.1) is 5.69 Å². The number of aromatic nitrogens is 2. The summed E-state index contributed by atoms with van der Waals surface area (Å²) in [5, 5.41) is 4.23. The molecule has 3 heteroatoms. The van der Waals surface area contributed by atoms with Crippen LogP contribution in [-0.2, 0) is 7.05 Å². The van der Waals surface area contributed by atoms with Gasteiger partial charge in [-0.3, -0.25) is 4.68 Å². The number of hydrogen-bond donors (Lipinski definition) is 0. The van der Waals surface area contributed by atoms with E-state index in [1.54, 1.807) is 4.68 Å². The zero-order valence-corrected chi connectivity index (χ0v) is 8.88. The molecule has 76 valence electrons. The number of nitrogens with zero attached hydrogens (tertiary/aromatic N) is 3. The van der Waals surface area contributed by atoms with Gasteiger partial charge in [0, 0.05) is 19.3 Å². The van der Waals surface area contributed by atoms with E-state index in [1.807, 2.05) is 56.6 Å². The highest BCUT2D eigenvalue weighted by atomic mass is 15.3. The summed E-state index contributed by atoms with van der Waals surface area (Å²) in [7, 11) is 1.89. The van der Waals surface area contributed by atoms with E-state index in [0.717, 1.165) is 17.1 Å². The highest BCUT2D eigenvalue weighted by molar-refractivity contribution is 5.81. The maximum absolute atomic E-state index is 4.37. The molecule has 0 saturated heterocycles. The second kappa shape index (κ2) is 4.09. The van der Waals surface area contributed by atoms with Crippen LogP contribution in [0.15, 0.2) is 41.4 Å². The van der Waals surface area contributed by atoms with Gasteiger partial charge in [0.2, 0.25) is 0 Å². The molecule has 0 atom stereocenters. The summed E-state index contributed by atoms with van der Waals surface area (Å²) in [5.74, 6) is 0.872. The van der Waals surface area contributed by atoms with Crippen molar-refractivity contribution in [2.75, 3.05) is 0 Å². The van der Waals surface area contributed by atoms with Crippen molar-refractivity contribution in [3.8, 4) is 0 Å². The maximum Gasteiger partial charge on any atom is 0.150 e. The fourth-order valence-electron chi connectivity index (χ4n) is 1.40. The van der Waals surface area contributed by atoms with Crippen molar-refractivity contribution in [2.45, 2.75) is 6.92 Å². The van der Waals surface area contributed by atoms with Crippen molar-refractivity contribution in [3.05, 3.63) is 47.7 Å². The van der Waals surface area contributed by atoms with Gasteiger partial charge in [0.1, 0.15) is 5.82 Å². The molecule has 0 N–H and O–H groups in total. The van der Waals surface area contributed by atoms with E-state index in [9.17, 15) is 0 Å². The van der Waals surface area contributed by atoms with Crippen LogP contribution in [0.5, 0.6) is 0 Å². The Labute approximate surface area is 89.1 Å². The minimum absolute atomic E-state index is 0.872. The molecule has 0 bridgehead atoms. The normalized spacial score (nSPS) is 11.1. The van der Waals surface area contributed by atoms with Crippen LogP contribution in [0.25, 0.3) is 0 Å². The van der Waals surface area contributed by atoms with E-state index in [4.69, 9.17) is 0 Å². The van der Waals surface area contributed by atoms with Crippen LogP contribution in [0.3, 0.4) is 0 Å². The Hall–Kier alpha value is -1.90. The van der Waals surface area contributed by atoms with Crippen LogP contribution in [0.4, 0.5) is 5.82 Å². The highest BCUT2D eigenvalue weighted by Gasteiger charge is 1.97. The summed E-state index contributed by atoms with van der Waals surface area (Å²) < 4.78 is 1.77. The van der Waals surface area contributed by atoms with Crippen molar-refractivity contribution >= 4 is 12.0 Å². The molecule has 1 heterocycles. The summed E-state index contributed by atoms with van der Waals surface area (Å²) in [5.41, 5.74) is 2.08. The van der Waals surface area contributed by atoms with Gasteiger partial charge in [-0.2, -0.15) is 5.10 Å². The molecule has 1 aromatic carbocycles. The first-order valence-electron chi connectivity index (χ1n) is 4.85. The number of benzene rings is 1. The van der Waals surface area contributed by atoms with Gasteiger partial charge in [-0.1, -0.05) is 30.3 Å². The van der Waals surface area contributed by atoms with Crippen LogP contribution in [0, 0.1) is 6.92 Å². The third kappa shape index (κ3) is 2.31. The number of aliphatic imine (C=N–C) groups is 1. The van der Waals surface area contributed by atoms with E-state index in [1.165, 1.54) is 0 Å². The summed E-state index contributed by atoms with van der Waals surface area (Å²) >= 11 is 0. The first-order valence-corrected chi connectivity index (χ1v) is 4.85. The molecule has 0 fully saturated rings. The molecule has 0 aliphatic heterocycles. The van der Waals surface area contributed by atoms with E-state index in [2.05, 4.69) is 10.1 Å². The number of hydrogen-bond acceptors (Lipinski definition) is 2. The lowest BCUT2D eigenvalue weighted by molar-refractivity contribution is 0.760. The van der Waals surface area contributed by atoms with E-state index < -0.39 is 0 Å².